The summed E-state index contributed by atoms with van der Waals surface area (Å²) in [6.07, 6.45) is -0.478. The SMILES string of the molecule is CCNCc1ccc(C(=O)N2CCC(F)(F)CC2)cc1. The van der Waals surface area contributed by atoms with Gasteiger partial charge in [-0.3, -0.25) is 4.79 Å². The van der Waals surface area contributed by atoms with Gasteiger partial charge < -0.3 is 10.2 Å². The molecule has 0 aliphatic carbocycles. The first-order valence-electron chi connectivity index (χ1n) is 6.98. The zero-order valence-corrected chi connectivity index (χ0v) is 11.7. The van der Waals surface area contributed by atoms with Crippen LogP contribution in [0.25, 0.3) is 0 Å². The second kappa shape index (κ2) is 6.31. The van der Waals surface area contributed by atoms with Crippen molar-refractivity contribution in [3.05, 3.63) is 35.4 Å². The van der Waals surface area contributed by atoms with E-state index in [1.165, 1.54) is 4.90 Å². The maximum atomic E-state index is 13.1. The van der Waals surface area contributed by atoms with E-state index in [-0.39, 0.29) is 31.8 Å². The molecule has 1 amide bonds. The molecule has 1 aliphatic rings. The van der Waals surface area contributed by atoms with E-state index in [1.807, 2.05) is 19.1 Å². The standard InChI is InChI=1S/C15H20F2N2O/c1-2-18-11-12-3-5-13(6-4-12)14(20)19-9-7-15(16,17)8-10-19/h3-6,18H,2,7-11H2,1H3. The Bertz CT molecular complexity index is 449. The topological polar surface area (TPSA) is 32.3 Å². The maximum Gasteiger partial charge on any atom is 0.253 e. The third-order valence-electron chi connectivity index (χ3n) is 3.56. The van der Waals surface area contributed by atoms with Crippen molar-refractivity contribution in [3.63, 3.8) is 0 Å². The highest BCUT2D eigenvalue weighted by Gasteiger charge is 2.35. The zero-order valence-electron chi connectivity index (χ0n) is 11.7. The minimum atomic E-state index is -2.62. The van der Waals surface area contributed by atoms with Gasteiger partial charge in [-0.1, -0.05) is 19.1 Å². The Morgan fingerprint density at radius 1 is 1.25 bits per heavy atom. The van der Waals surface area contributed by atoms with E-state index in [4.69, 9.17) is 0 Å². The van der Waals surface area contributed by atoms with Gasteiger partial charge in [-0.2, -0.15) is 0 Å². The Balaban J connectivity index is 1.96. The van der Waals surface area contributed by atoms with Gasteiger partial charge in [0, 0.05) is 38.0 Å². The third-order valence-corrected chi connectivity index (χ3v) is 3.56. The van der Waals surface area contributed by atoms with Gasteiger partial charge in [-0.05, 0) is 24.2 Å². The van der Waals surface area contributed by atoms with Gasteiger partial charge in [-0.25, -0.2) is 8.78 Å². The van der Waals surface area contributed by atoms with Crippen LogP contribution in [0.3, 0.4) is 0 Å². The Kier molecular flexibility index (Phi) is 4.70. The molecule has 0 spiro atoms. The summed E-state index contributed by atoms with van der Waals surface area (Å²) in [5.41, 5.74) is 1.67. The van der Waals surface area contributed by atoms with Gasteiger partial charge in [0.25, 0.3) is 11.8 Å². The quantitative estimate of drug-likeness (QED) is 0.921. The minimum Gasteiger partial charge on any atom is -0.338 e. The lowest BCUT2D eigenvalue weighted by molar-refractivity contribution is -0.0494. The van der Waals surface area contributed by atoms with Crippen LogP contribution in [0, 0.1) is 0 Å². The molecule has 20 heavy (non-hydrogen) atoms. The van der Waals surface area contributed by atoms with Crippen LogP contribution in [0.2, 0.25) is 0 Å². The van der Waals surface area contributed by atoms with Crippen LogP contribution in [-0.4, -0.2) is 36.4 Å². The fourth-order valence-electron chi connectivity index (χ4n) is 2.25. The summed E-state index contributed by atoms with van der Waals surface area (Å²) in [4.78, 5) is 13.7. The molecule has 3 nitrogen and oxygen atoms in total. The molecule has 1 fully saturated rings. The van der Waals surface area contributed by atoms with Gasteiger partial charge >= 0.3 is 0 Å². The lowest BCUT2D eigenvalue weighted by Crippen LogP contribution is -2.42. The Morgan fingerprint density at radius 2 is 1.85 bits per heavy atom. The Hall–Kier alpha value is -1.49. The summed E-state index contributed by atoms with van der Waals surface area (Å²) in [5.74, 6) is -2.78. The van der Waals surface area contributed by atoms with Crippen LogP contribution in [0.1, 0.15) is 35.7 Å². The van der Waals surface area contributed by atoms with E-state index in [0.717, 1.165) is 18.7 Å². The van der Waals surface area contributed by atoms with Gasteiger partial charge in [0.05, 0.1) is 0 Å². The van der Waals surface area contributed by atoms with Crippen molar-refractivity contribution >= 4 is 5.91 Å². The van der Waals surface area contributed by atoms with Crippen LogP contribution in [-0.2, 0) is 6.54 Å². The summed E-state index contributed by atoms with van der Waals surface area (Å²) in [5, 5.41) is 3.21. The van der Waals surface area contributed by atoms with Crippen LogP contribution >= 0.6 is 0 Å². The highest BCUT2D eigenvalue weighted by atomic mass is 19.3. The largest absolute Gasteiger partial charge is 0.338 e. The van der Waals surface area contributed by atoms with Crippen molar-refractivity contribution in [1.82, 2.24) is 10.2 Å². The Labute approximate surface area is 118 Å². The molecule has 0 bridgehead atoms. The molecular formula is C15H20F2N2O. The summed E-state index contributed by atoms with van der Waals surface area (Å²) in [6.45, 7) is 3.95. The predicted octanol–water partition coefficient (Wildman–Crippen LogP) is 2.67. The second-order valence-electron chi connectivity index (χ2n) is 5.13. The molecule has 1 heterocycles. The number of rotatable bonds is 4. The number of nitrogens with one attached hydrogen (secondary N) is 1. The van der Waals surface area contributed by atoms with Crippen molar-refractivity contribution in [3.8, 4) is 0 Å². The fraction of sp³-hybridized carbons (Fsp3) is 0.533. The third kappa shape index (κ3) is 3.76. The Morgan fingerprint density at radius 3 is 2.40 bits per heavy atom. The van der Waals surface area contributed by atoms with Crippen molar-refractivity contribution in [2.45, 2.75) is 32.2 Å². The molecule has 0 radical (unpaired) electrons. The highest BCUT2D eigenvalue weighted by molar-refractivity contribution is 5.94. The number of hydrogen-bond donors (Lipinski definition) is 1. The molecule has 1 aromatic carbocycles. The van der Waals surface area contributed by atoms with Crippen molar-refractivity contribution < 1.29 is 13.6 Å². The number of carbonyl (C=O) groups excluding carboxylic acids is 1. The first-order chi connectivity index (χ1) is 9.52. The number of hydrogen-bond acceptors (Lipinski definition) is 2. The van der Waals surface area contributed by atoms with Gasteiger partial charge in [0.15, 0.2) is 0 Å². The van der Waals surface area contributed by atoms with E-state index in [9.17, 15) is 13.6 Å². The van der Waals surface area contributed by atoms with Gasteiger partial charge in [0.1, 0.15) is 0 Å². The molecule has 110 valence electrons. The molecule has 1 aliphatic heterocycles. The average Bonchev–Trinajstić information content (AvgIpc) is 2.45. The molecule has 5 heteroatoms. The molecular weight excluding hydrogens is 262 g/mol. The van der Waals surface area contributed by atoms with E-state index < -0.39 is 5.92 Å². The van der Waals surface area contributed by atoms with Gasteiger partial charge in [0.2, 0.25) is 0 Å². The van der Waals surface area contributed by atoms with Gasteiger partial charge in [-0.15, -0.1) is 0 Å². The average molecular weight is 282 g/mol. The second-order valence-corrected chi connectivity index (χ2v) is 5.13. The van der Waals surface area contributed by atoms with E-state index in [1.54, 1.807) is 12.1 Å². The normalized spacial score (nSPS) is 18.1. The summed E-state index contributed by atoms with van der Waals surface area (Å²) in [6, 6.07) is 7.33. The first kappa shape index (κ1) is 14.9. The van der Waals surface area contributed by atoms with Crippen LogP contribution in [0.5, 0.6) is 0 Å². The number of piperidine rings is 1. The zero-order chi connectivity index (χ0) is 14.6. The molecule has 1 aromatic rings. The predicted molar refractivity (Wildman–Crippen MR) is 73.9 cm³/mol. The number of alkyl halides is 2. The maximum absolute atomic E-state index is 13.1. The van der Waals surface area contributed by atoms with Crippen LogP contribution in [0.4, 0.5) is 8.78 Å². The molecule has 1 N–H and O–H groups in total. The lowest BCUT2D eigenvalue weighted by Gasteiger charge is -2.31. The monoisotopic (exact) mass is 282 g/mol. The highest BCUT2D eigenvalue weighted by Crippen LogP contribution is 2.28. The number of carbonyl (C=O) groups is 1. The smallest absolute Gasteiger partial charge is 0.253 e. The molecule has 0 saturated carbocycles. The number of nitrogens with zero attached hydrogens (tertiary/aromatic N) is 1. The van der Waals surface area contributed by atoms with Crippen molar-refractivity contribution in [1.29, 1.82) is 0 Å². The number of amides is 1. The summed E-state index contributed by atoms with van der Waals surface area (Å²) >= 11 is 0. The summed E-state index contributed by atoms with van der Waals surface area (Å²) < 4.78 is 26.1. The fourth-order valence-corrected chi connectivity index (χ4v) is 2.25. The molecule has 2 rings (SSSR count). The number of halogens is 2. The molecule has 0 unspecified atom stereocenters. The van der Waals surface area contributed by atoms with E-state index in [2.05, 4.69) is 5.32 Å². The van der Waals surface area contributed by atoms with E-state index in [0.29, 0.717) is 5.56 Å². The lowest BCUT2D eigenvalue weighted by atomic mass is 10.0. The first-order valence-corrected chi connectivity index (χ1v) is 6.98. The van der Waals surface area contributed by atoms with Crippen molar-refractivity contribution in [2.24, 2.45) is 0 Å². The number of likely N-dealkylation sites (tertiary alicyclic amines) is 1. The minimum absolute atomic E-state index is 0.130. The summed E-state index contributed by atoms with van der Waals surface area (Å²) in [7, 11) is 0. The number of benzene rings is 1. The van der Waals surface area contributed by atoms with E-state index >= 15 is 0 Å². The molecule has 0 aromatic heterocycles. The van der Waals surface area contributed by atoms with Crippen LogP contribution in [0.15, 0.2) is 24.3 Å². The molecule has 1 saturated heterocycles. The molecule has 0 atom stereocenters. The van der Waals surface area contributed by atoms with Crippen molar-refractivity contribution in [2.75, 3.05) is 19.6 Å². The van der Waals surface area contributed by atoms with Crippen LogP contribution < -0.4 is 5.32 Å².